The van der Waals surface area contributed by atoms with Crippen molar-refractivity contribution in [1.82, 2.24) is 15.1 Å². The Morgan fingerprint density at radius 1 is 1.45 bits per heavy atom. The van der Waals surface area contributed by atoms with Crippen LogP contribution in [0.3, 0.4) is 0 Å². The van der Waals surface area contributed by atoms with Crippen LogP contribution in [-0.4, -0.2) is 29.3 Å². The Morgan fingerprint density at radius 2 is 2.25 bits per heavy atom. The largest absolute Gasteiger partial charge is 0.496 e. The molecule has 1 aromatic carbocycles. The highest BCUT2D eigenvalue weighted by atomic mass is 16.5. The Balaban J connectivity index is 1.79. The van der Waals surface area contributed by atoms with E-state index in [1.54, 1.807) is 13.3 Å². The number of para-hydroxylation sites is 1. The quantitative estimate of drug-likeness (QED) is 0.817. The molecular weight excluding hydrogens is 256 g/mol. The molecule has 0 fully saturated rings. The van der Waals surface area contributed by atoms with E-state index in [0.717, 1.165) is 17.7 Å². The fourth-order valence-electron chi connectivity index (χ4n) is 1.92. The molecule has 2 aromatic rings. The van der Waals surface area contributed by atoms with Crippen LogP contribution < -0.4 is 15.8 Å². The van der Waals surface area contributed by atoms with E-state index in [4.69, 9.17) is 10.5 Å². The Bertz CT molecular complexity index is 580. The summed E-state index contributed by atoms with van der Waals surface area (Å²) in [4.78, 5) is 11.7. The fraction of sp³-hybridized carbons (Fsp3) is 0.286. The Morgan fingerprint density at radius 3 is 2.95 bits per heavy atom. The standard InChI is InChI=1S/C14H18N4O2/c1-20-13-5-3-2-4-11(13)6-7-16-14(19)10-18-9-12(15)8-17-18/h2-5,8-9H,6-7,10,15H2,1H3,(H,16,19). The zero-order chi connectivity index (χ0) is 14.4. The lowest BCUT2D eigenvalue weighted by molar-refractivity contribution is -0.121. The zero-order valence-corrected chi connectivity index (χ0v) is 11.4. The second-order valence-corrected chi connectivity index (χ2v) is 4.38. The number of hydrogen-bond donors (Lipinski definition) is 2. The highest BCUT2D eigenvalue weighted by Crippen LogP contribution is 2.17. The number of nitrogen functional groups attached to an aromatic ring is 1. The van der Waals surface area contributed by atoms with Crippen LogP contribution in [0.15, 0.2) is 36.7 Å². The molecule has 1 aromatic heterocycles. The number of benzene rings is 1. The van der Waals surface area contributed by atoms with E-state index in [0.29, 0.717) is 12.2 Å². The van der Waals surface area contributed by atoms with Gasteiger partial charge in [0, 0.05) is 12.7 Å². The molecule has 20 heavy (non-hydrogen) atoms. The minimum absolute atomic E-state index is 0.0944. The number of hydrogen-bond acceptors (Lipinski definition) is 4. The minimum Gasteiger partial charge on any atom is -0.496 e. The van der Waals surface area contributed by atoms with E-state index in [9.17, 15) is 4.79 Å². The van der Waals surface area contributed by atoms with Crippen LogP contribution in [0.25, 0.3) is 0 Å². The first-order valence-corrected chi connectivity index (χ1v) is 6.35. The molecule has 0 atom stereocenters. The lowest BCUT2D eigenvalue weighted by atomic mass is 10.1. The molecule has 0 saturated heterocycles. The third kappa shape index (κ3) is 3.74. The van der Waals surface area contributed by atoms with E-state index >= 15 is 0 Å². The van der Waals surface area contributed by atoms with Crippen molar-refractivity contribution in [2.75, 3.05) is 19.4 Å². The van der Waals surface area contributed by atoms with E-state index in [1.807, 2.05) is 24.3 Å². The first-order chi connectivity index (χ1) is 9.69. The number of carbonyl (C=O) groups is 1. The number of nitrogens with zero attached hydrogens (tertiary/aromatic N) is 2. The maximum absolute atomic E-state index is 11.7. The normalized spacial score (nSPS) is 10.2. The molecule has 0 spiro atoms. The Hall–Kier alpha value is -2.50. The average Bonchev–Trinajstić information content (AvgIpc) is 2.84. The summed E-state index contributed by atoms with van der Waals surface area (Å²) in [7, 11) is 1.64. The number of anilines is 1. The van der Waals surface area contributed by atoms with Crippen molar-refractivity contribution in [2.24, 2.45) is 0 Å². The van der Waals surface area contributed by atoms with Crippen molar-refractivity contribution in [3.8, 4) is 5.75 Å². The van der Waals surface area contributed by atoms with Crippen LogP contribution in [0, 0.1) is 0 Å². The van der Waals surface area contributed by atoms with Gasteiger partial charge in [-0.2, -0.15) is 5.10 Å². The molecule has 0 aliphatic rings. The van der Waals surface area contributed by atoms with Gasteiger partial charge in [-0.05, 0) is 18.1 Å². The number of rotatable bonds is 6. The highest BCUT2D eigenvalue weighted by Gasteiger charge is 2.05. The summed E-state index contributed by atoms with van der Waals surface area (Å²) in [6, 6.07) is 7.76. The van der Waals surface area contributed by atoms with Gasteiger partial charge in [0.25, 0.3) is 0 Å². The van der Waals surface area contributed by atoms with E-state index in [1.165, 1.54) is 10.9 Å². The molecule has 6 nitrogen and oxygen atoms in total. The third-order valence-corrected chi connectivity index (χ3v) is 2.87. The first-order valence-electron chi connectivity index (χ1n) is 6.35. The molecule has 2 rings (SSSR count). The predicted octanol–water partition coefficient (Wildman–Crippen LogP) is 0.833. The monoisotopic (exact) mass is 274 g/mol. The van der Waals surface area contributed by atoms with Crippen molar-refractivity contribution in [1.29, 1.82) is 0 Å². The number of carbonyl (C=O) groups excluding carboxylic acids is 1. The molecule has 0 saturated carbocycles. The third-order valence-electron chi connectivity index (χ3n) is 2.87. The maximum atomic E-state index is 11.7. The average molecular weight is 274 g/mol. The fourth-order valence-corrected chi connectivity index (χ4v) is 1.92. The molecule has 1 heterocycles. The number of nitrogens with one attached hydrogen (secondary N) is 1. The molecule has 0 aliphatic heterocycles. The van der Waals surface area contributed by atoms with Crippen LogP contribution in [0.5, 0.6) is 5.75 Å². The summed E-state index contributed by atoms with van der Waals surface area (Å²) in [5, 5.41) is 6.80. The van der Waals surface area contributed by atoms with Gasteiger partial charge in [0.05, 0.1) is 19.0 Å². The lowest BCUT2D eigenvalue weighted by Gasteiger charge is -2.09. The number of methoxy groups -OCH3 is 1. The molecule has 6 heteroatoms. The van der Waals surface area contributed by atoms with Crippen molar-refractivity contribution >= 4 is 11.6 Å². The van der Waals surface area contributed by atoms with Crippen LogP contribution in [0.4, 0.5) is 5.69 Å². The van der Waals surface area contributed by atoms with E-state index < -0.39 is 0 Å². The van der Waals surface area contributed by atoms with E-state index in [-0.39, 0.29) is 12.5 Å². The van der Waals surface area contributed by atoms with Crippen molar-refractivity contribution in [3.63, 3.8) is 0 Å². The SMILES string of the molecule is COc1ccccc1CCNC(=O)Cn1cc(N)cn1. The number of nitrogens with two attached hydrogens (primary N) is 1. The van der Waals surface area contributed by atoms with Crippen LogP contribution >= 0.6 is 0 Å². The van der Waals surface area contributed by atoms with Gasteiger partial charge in [0.15, 0.2) is 0 Å². The smallest absolute Gasteiger partial charge is 0.241 e. The molecule has 1 amide bonds. The van der Waals surface area contributed by atoms with Crippen molar-refractivity contribution in [2.45, 2.75) is 13.0 Å². The molecule has 0 aliphatic carbocycles. The molecular formula is C14H18N4O2. The van der Waals surface area contributed by atoms with Gasteiger partial charge in [0.2, 0.25) is 5.91 Å². The first kappa shape index (κ1) is 13.9. The predicted molar refractivity (Wildman–Crippen MR) is 76.3 cm³/mol. The van der Waals surface area contributed by atoms with Crippen LogP contribution in [0.2, 0.25) is 0 Å². The zero-order valence-electron chi connectivity index (χ0n) is 11.4. The molecule has 106 valence electrons. The molecule has 0 bridgehead atoms. The maximum Gasteiger partial charge on any atom is 0.241 e. The Kier molecular flexibility index (Phi) is 4.60. The molecule has 0 radical (unpaired) electrons. The summed E-state index contributed by atoms with van der Waals surface area (Å²) < 4.78 is 6.77. The molecule has 3 N–H and O–H groups in total. The summed E-state index contributed by atoms with van der Waals surface area (Å²) in [5.74, 6) is 0.740. The number of amides is 1. The van der Waals surface area contributed by atoms with Gasteiger partial charge in [-0.1, -0.05) is 18.2 Å². The van der Waals surface area contributed by atoms with E-state index in [2.05, 4.69) is 10.4 Å². The van der Waals surface area contributed by atoms with Crippen LogP contribution in [0.1, 0.15) is 5.56 Å². The second-order valence-electron chi connectivity index (χ2n) is 4.38. The van der Waals surface area contributed by atoms with Crippen LogP contribution in [-0.2, 0) is 17.8 Å². The summed E-state index contributed by atoms with van der Waals surface area (Å²) in [6.07, 6.45) is 3.86. The van der Waals surface area contributed by atoms with Crippen molar-refractivity contribution in [3.05, 3.63) is 42.2 Å². The summed E-state index contributed by atoms with van der Waals surface area (Å²) in [6.45, 7) is 0.721. The van der Waals surface area contributed by atoms with Gasteiger partial charge >= 0.3 is 0 Å². The Labute approximate surface area is 117 Å². The van der Waals surface area contributed by atoms with Gasteiger partial charge in [-0.25, -0.2) is 0 Å². The van der Waals surface area contributed by atoms with Crippen molar-refractivity contribution < 1.29 is 9.53 Å². The summed E-state index contributed by atoms with van der Waals surface area (Å²) in [5.41, 5.74) is 7.15. The van der Waals surface area contributed by atoms with Gasteiger partial charge in [-0.15, -0.1) is 0 Å². The highest BCUT2D eigenvalue weighted by molar-refractivity contribution is 5.75. The summed E-state index contributed by atoms with van der Waals surface area (Å²) >= 11 is 0. The number of ether oxygens (including phenoxy) is 1. The topological polar surface area (TPSA) is 82.2 Å². The second kappa shape index (κ2) is 6.60. The lowest BCUT2D eigenvalue weighted by Crippen LogP contribution is -2.29. The number of aromatic nitrogens is 2. The minimum atomic E-state index is -0.0944. The van der Waals surface area contributed by atoms with Gasteiger partial charge in [-0.3, -0.25) is 9.48 Å². The van der Waals surface area contributed by atoms with Gasteiger partial charge < -0.3 is 15.8 Å². The molecule has 0 unspecified atom stereocenters. The van der Waals surface area contributed by atoms with Gasteiger partial charge in [0.1, 0.15) is 12.3 Å².